The summed E-state index contributed by atoms with van der Waals surface area (Å²) in [5.41, 5.74) is 0.0720. The lowest BCUT2D eigenvalue weighted by Gasteiger charge is -2.08. The number of aromatic nitrogens is 1. The van der Waals surface area contributed by atoms with Crippen molar-refractivity contribution >= 4 is 17.4 Å². The first-order valence-corrected chi connectivity index (χ1v) is 5.93. The Balaban J connectivity index is 2.25. The van der Waals surface area contributed by atoms with Crippen LogP contribution in [0.25, 0.3) is 0 Å². The van der Waals surface area contributed by atoms with Crippen LogP contribution in [0.4, 0.5) is 20.3 Å². The molecule has 2 rings (SSSR count). The molecule has 0 aliphatic carbocycles. The quantitative estimate of drug-likeness (QED) is 0.907. The van der Waals surface area contributed by atoms with Gasteiger partial charge >= 0.3 is 0 Å². The fourth-order valence-corrected chi connectivity index (χ4v) is 1.63. The molecule has 104 valence electrons. The predicted molar refractivity (Wildman–Crippen MR) is 72.8 cm³/mol. The molecule has 0 saturated heterocycles. The number of nitrogens with one attached hydrogen (secondary N) is 2. The average Bonchev–Trinajstić information content (AvgIpc) is 2.44. The number of carbonyl (C=O) groups excluding carboxylic acids is 1. The van der Waals surface area contributed by atoms with E-state index in [9.17, 15) is 13.6 Å². The van der Waals surface area contributed by atoms with E-state index < -0.39 is 17.5 Å². The molecule has 4 nitrogen and oxygen atoms in total. The minimum absolute atomic E-state index is 0.109. The Morgan fingerprint density at radius 3 is 2.65 bits per heavy atom. The zero-order valence-electron chi connectivity index (χ0n) is 11.0. The van der Waals surface area contributed by atoms with Gasteiger partial charge in [-0.1, -0.05) is 6.07 Å². The second-order valence-corrected chi connectivity index (χ2v) is 4.19. The summed E-state index contributed by atoms with van der Waals surface area (Å²) >= 11 is 0. The standard InChI is InChI=1S/C14H13F2N3O/c1-8-6-10(16)12(7-9(8)15)19-14(20)11-4-3-5-13(17-2)18-11/h3-7H,1-2H3,(H,17,18)(H,19,20). The first-order valence-electron chi connectivity index (χ1n) is 5.93. The molecule has 1 heterocycles. The smallest absolute Gasteiger partial charge is 0.274 e. The van der Waals surface area contributed by atoms with Gasteiger partial charge in [0.1, 0.15) is 23.1 Å². The molecule has 0 atom stereocenters. The Bertz CT molecular complexity index is 659. The van der Waals surface area contributed by atoms with Crippen LogP contribution in [0, 0.1) is 18.6 Å². The van der Waals surface area contributed by atoms with Gasteiger partial charge in [-0.2, -0.15) is 0 Å². The van der Waals surface area contributed by atoms with Crippen molar-refractivity contribution in [2.45, 2.75) is 6.92 Å². The van der Waals surface area contributed by atoms with Crippen molar-refractivity contribution in [3.8, 4) is 0 Å². The molecule has 0 bridgehead atoms. The summed E-state index contributed by atoms with van der Waals surface area (Å²) in [4.78, 5) is 16.0. The van der Waals surface area contributed by atoms with E-state index in [2.05, 4.69) is 15.6 Å². The lowest BCUT2D eigenvalue weighted by atomic mass is 10.2. The molecule has 0 aliphatic rings. The van der Waals surface area contributed by atoms with Crippen molar-refractivity contribution < 1.29 is 13.6 Å². The Kier molecular flexibility index (Phi) is 3.93. The third-order valence-electron chi connectivity index (χ3n) is 2.73. The summed E-state index contributed by atoms with van der Waals surface area (Å²) in [6, 6.07) is 6.79. The van der Waals surface area contributed by atoms with Gasteiger partial charge in [-0.15, -0.1) is 0 Å². The van der Waals surface area contributed by atoms with E-state index >= 15 is 0 Å². The molecule has 0 radical (unpaired) electrons. The molecule has 0 spiro atoms. The van der Waals surface area contributed by atoms with Crippen LogP contribution in [-0.2, 0) is 0 Å². The van der Waals surface area contributed by atoms with E-state index in [4.69, 9.17) is 0 Å². The second-order valence-electron chi connectivity index (χ2n) is 4.19. The fourth-order valence-electron chi connectivity index (χ4n) is 1.63. The number of rotatable bonds is 3. The fraction of sp³-hybridized carbons (Fsp3) is 0.143. The van der Waals surface area contributed by atoms with E-state index in [0.717, 1.165) is 12.1 Å². The van der Waals surface area contributed by atoms with Crippen molar-refractivity contribution in [2.75, 3.05) is 17.7 Å². The van der Waals surface area contributed by atoms with E-state index in [1.165, 1.54) is 13.0 Å². The third kappa shape index (κ3) is 2.90. The summed E-state index contributed by atoms with van der Waals surface area (Å²) in [6.07, 6.45) is 0. The van der Waals surface area contributed by atoms with Gasteiger partial charge in [0, 0.05) is 13.1 Å². The van der Waals surface area contributed by atoms with E-state index in [-0.39, 0.29) is 16.9 Å². The number of halogens is 2. The van der Waals surface area contributed by atoms with Gasteiger partial charge in [0.05, 0.1) is 5.69 Å². The van der Waals surface area contributed by atoms with Crippen LogP contribution < -0.4 is 10.6 Å². The first kappa shape index (κ1) is 13.9. The zero-order chi connectivity index (χ0) is 14.7. The highest BCUT2D eigenvalue weighted by atomic mass is 19.1. The number of amides is 1. The number of pyridine rings is 1. The van der Waals surface area contributed by atoms with Gasteiger partial charge in [0.2, 0.25) is 0 Å². The van der Waals surface area contributed by atoms with Crippen molar-refractivity contribution in [3.63, 3.8) is 0 Å². The molecule has 0 aliphatic heterocycles. The average molecular weight is 277 g/mol. The summed E-state index contributed by atoms with van der Waals surface area (Å²) in [6.45, 7) is 1.45. The van der Waals surface area contributed by atoms with Gasteiger partial charge < -0.3 is 10.6 Å². The Morgan fingerprint density at radius 1 is 1.20 bits per heavy atom. The van der Waals surface area contributed by atoms with Crippen LogP contribution in [0.2, 0.25) is 0 Å². The predicted octanol–water partition coefficient (Wildman–Crippen LogP) is 2.96. The van der Waals surface area contributed by atoms with Crippen LogP contribution in [0.5, 0.6) is 0 Å². The molecule has 1 aromatic carbocycles. The topological polar surface area (TPSA) is 54.0 Å². The minimum Gasteiger partial charge on any atom is -0.373 e. The third-order valence-corrected chi connectivity index (χ3v) is 2.73. The highest BCUT2D eigenvalue weighted by Gasteiger charge is 2.13. The Labute approximate surface area is 114 Å². The molecular weight excluding hydrogens is 264 g/mol. The van der Waals surface area contributed by atoms with Crippen LogP contribution in [-0.4, -0.2) is 17.9 Å². The summed E-state index contributed by atoms with van der Waals surface area (Å²) in [5, 5.41) is 5.09. The first-order chi connectivity index (χ1) is 9.51. The minimum atomic E-state index is -0.693. The van der Waals surface area contributed by atoms with E-state index in [0.29, 0.717) is 5.82 Å². The highest BCUT2D eigenvalue weighted by molar-refractivity contribution is 6.03. The lowest BCUT2D eigenvalue weighted by Crippen LogP contribution is -2.15. The van der Waals surface area contributed by atoms with Crippen molar-refractivity contribution in [1.29, 1.82) is 0 Å². The van der Waals surface area contributed by atoms with Gasteiger partial charge in [-0.05, 0) is 30.7 Å². The number of hydrogen-bond donors (Lipinski definition) is 2. The Hall–Kier alpha value is -2.50. The highest BCUT2D eigenvalue weighted by Crippen LogP contribution is 2.19. The zero-order valence-corrected chi connectivity index (χ0v) is 11.0. The maximum atomic E-state index is 13.6. The maximum absolute atomic E-state index is 13.6. The van der Waals surface area contributed by atoms with Crippen molar-refractivity contribution in [1.82, 2.24) is 4.98 Å². The monoisotopic (exact) mass is 277 g/mol. The molecule has 6 heteroatoms. The lowest BCUT2D eigenvalue weighted by molar-refractivity contribution is 0.102. The number of benzene rings is 1. The molecule has 1 amide bonds. The molecule has 20 heavy (non-hydrogen) atoms. The summed E-state index contributed by atoms with van der Waals surface area (Å²) in [5.74, 6) is -1.38. The molecular formula is C14H13F2N3O. The number of nitrogens with zero attached hydrogens (tertiary/aromatic N) is 1. The van der Waals surface area contributed by atoms with Gasteiger partial charge in [0.15, 0.2) is 0 Å². The van der Waals surface area contributed by atoms with Crippen LogP contribution in [0.15, 0.2) is 30.3 Å². The number of carbonyl (C=O) groups is 1. The van der Waals surface area contributed by atoms with Crippen LogP contribution in [0.1, 0.15) is 16.1 Å². The maximum Gasteiger partial charge on any atom is 0.274 e. The summed E-state index contributed by atoms with van der Waals surface area (Å²) < 4.78 is 27.0. The molecule has 0 unspecified atom stereocenters. The number of hydrogen-bond acceptors (Lipinski definition) is 3. The van der Waals surface area contributed by atoms with E-state index in [1.54, 1.807) is 19.2 Å². The normalized spacial score (nSPS) is 10.2. The van der Waals surface area contributed by atoms with Gasteiger partial charge in [0.25, 0.3) is 5.91 Å². The Morgan fingerprint density at radius 2 is 1.95 bits per heavy atom. The molecule has 2 aromatic rings. The van der Waals surface area contributed by atoms with Crippen molar-refractivity contribution in [2.24, 2.45) is 0 Å². The number of anilines is 2. The SMILES string of the molecule is CNc1cccc(C(=O)Nc2cc(F)c(C)cc2F)n1. The van der Waals surface area contributed by atoms with Crippen molar-refractivity contribution in [3.05, 3.63) is 53.2 Å². The van der Waals surface area contributed by atoms with Gasteiger partial charge in [-0.3, -0.25) is 4.79 Å². The molecule has 0 fully saturated rings. The van der Waals surface area contributed by atoms with Gasteiger partial charge in [-0.25, -0.2) is 13.8 Å². The molecule has 0 saturated carbocycles. The largest absolute Gasteiger partial charge is 0.373 e. The molecule has 2 N–H and O–H groups in total. The second kappa shape index (κ2) is 5.64. The van der Waals surface area contributed by atoms with E-state index in [1.807, 2.05) is 0 Å². The number of aryl methyl sites for hydroxylation is 1. The molecule has 1 aromatic heterocycles. The van der Waals surface area contributed by atoms with Crippen LogP contribution >= 0.6 is 0 Å². The summed E-state index contributed by atoms with van der Waals surface area (Å²) in [7, 11) is 1.67. The van der Waals surface area contributed by atoms with Crippen LogP contribution in [0.3, 0.4) is 0 Å².